The molecule has 14 heavy (non-hydrogen) atoms. The van der Waals surface area contributed by atoms with Crippen molar-refractivity contribution in [3.8, 4) is 0 Å². The molecule has 1 aliphatic rings. The Balaban J connectivity index is 2.46. The lowest BCUT2D eigenvalue weighted by Crippen LogP contribution is -2.41. The third kappa shape index (κ3) is 2.47. The highest BCUT2D eigenvalue weighted by Crippen LogP contribution is 2.31. The number of nitrogens with zero attached hydrogens (tertiary/aromatic N) is 1. The second-order valence-corrected chi connectivity index (χ2v) is 4.42. The highest BCUT2D eigenvalue weighted by molar-refractivity contribution is 5.72. The van der Waals surface area contributed by atoms with E-state index >= 15 is 0 Å². The van der Waals surface area contributed by atoms with Crippen LogP contribution >= 0.6 is 0 Å². The summed E-state index contributed by atoms with van der Waals surface area (Å²) in [4.78, 5) is 12.8. The fourth-order valence-corrected chi connectivity index (χ4v) is 2.28. The van der Waals surface area contributed by atoms with Crippen molar-refractivity contribution in [2.45, 2.75) is 51.6 Å². The molecule has 3 atom stereocenters. The van der Waals surface area contributed by atoms with Crippen LogP contribution in [0.3, 0.4) is 0 Å². The molecule has 0 aliphatic heterocycles. The molecule has 3 heteroatoms. The van der Waals surface area contributed by atoms with E-state index in [4.69, 9.17) is 5.11 Å². The van der Waals surface area contributed by atoms with Gasteiger partial charge < -0.3 is 5.11 Å². The van der Waals surface area contributed by atoms with Gasteiger partial charge in [0.1, 0.15) is 6.04 Å². The second kappa shape index (κ2) is 4.78. The van der Waals surface area contributed by atoms with Gasteiger partial charge >= 0.3 is 5.97 Å². The largest absolute Gasteiger partial charge is 0.480 e. The maximum atomic E-state index is 10.8. The minimum Gasteiger partial charge on any atom is -0.480 e. The average Bonchev–Trinajstić information content (AvgIpc) is 2.63. The molecule has 1 saturated carbocycles. The number of rotatable bonds is 4. The number of carbonyl (C=O) groups is 1. The Morgan fingerprint density at radius 3 is 2.64 bits per heavy atom. The predicted octanol–water partition coefficient (Wildman–Crippen LogP) is 1.97. The summed E-state index contributed by atoms with van der Waals surface area (Å²) in [5, 5.41) is 8.89. The summed E-state index contributed by atoms with van der Waals surface area (Å²) in [6, 6.07) is 0.127. The molecular formula is C11H21NO2. The Morgan fingerprint density at radius 2 is 2.21 bits per heavy atom. The second-order valence-electron chi connectivity index (χ2n) is 4.42. The zero-order chi connectivity index (χ0) is 10.7. The highest BCUT2D eigenvalue weighted by Gasteiger charge is 2.30. The van der Waals surface area contributed by atoms with Crippen LogP contribution in [-0.2, 0) is 4.79 Å². The van der Waals surface area contributed by atoms with Crippen molar-refractivity contribution in [2.24, 2.45) is 5.92 Å². The zero-order valence-electron chi connectivity index (χ0n) is 9.36. The monoisotopic (exact) mass is 199 g/mol. The van der Waals surface area contributed by atoms with Crippen molar-refractivity contribution in [3.63, 3.8) is 0 Å². The van der Waals surface area contributed by atoms with Gasteiger partial charge in [0, 0.05) is 6.04 Å². The molecular weight excluding hydrogens is 178 g/mol. The van der Waals surface area contributed by atoms with E-state index in [1.807, 2.05) is 11.9 Å². The topological polar surface area (TPSA) is 40.5 Å². The van der Waals surface area contributed by atoms with Gasteiger partial charge in [-0.15, -0.1) is 0 Å². The number of hydrogen-bond acceptors (Lipinski definition) is 2. The lowest BCUT2D eigenvalue weighted by atomic mass is 10.0. The SMILES string of the molecule is CCC1CCC(N(C)C(C)C(=O)O)C1. The van der Waals surface area contributed by atoms with Crippen LogP contribution in [0, 0.1) is 5.92 Å². The number of likely N-dealkylation sites (N-methyl/N-ethyl adjacent to an activating group) is 1. The van der Waals surface area contributed by atoms with Crippen LogP contribution < -0.4 is 0 Å². The van der Waals surface area contributed by atoms with E-state index in [9.17, 15) is 4.79 Å². The molecule has 0 spiro atoms. The minimum absolute atomic E-state index is 0.351. The van der Waals surface area contributed by atoms with Crippen LogP contribution in [-0.4, -0.2) is 35.1 Å². The third-order valence-electron chi connectivity index (χ3n) is 3.64. The molecule has 0 bridgehead atoms. The maximum Gasteiger partial charge on any atom is 0.320 e. The van der Waals surface area contributed by atoms with E-state index in [-0.39, 0.29) is 6.04 Å². The first-order valence-corrected chi connectivity index (χ1v) is 5.51. The third-order valence-corrected chi connectivity index (χ3v) is 3.64. The smallest absolute Gasteiger partial charge is 0.320 e. The molecule has 1 N–H and O–H groups in total. The number of aliphatic carboxylic acids is 1. The van der Waals surface area contributed by atoms with Gasteiger partial charge in [-0.1, -0.05) is 13.3 Å². The van der Waals surface area contributed by atoms with E-state index < -0.39 is 5.97 Å². The summed E-state index contributed by atoms with van der Waals surface area (Å²) in [6.45, 7) is 3.98. The summed E-state index contributed by atoms with van der Waals surface area (Å²) in [7, 11) is 1.93. The lowest BCUT2D eigenvalue weighted by molar-refractivity contribution is -0.142. The molecule has 3 unspecified atom stereocenters. The summed E-state index contributed by atoms with van der Waals surface area (Å²) in [6.07, 6.45) is 4.82. The van der Waals surface area contributed by atoms with E-state index in [2.05, 4.69) is 6.92 Å². The number of carboxylic acids is 1. The van der Waals surface area contributed by atoms with Crippen molar-refractivity contribution in [1.29, 1.82) is 0 Å². The molecule has 1 rings (SSSR count). The van der Waals surface area contributed by atoms with Gasteiger partial charge in [-0.3, -0.25) is 9.69 Å². The van der Waals surface area contributed by atoms with Crippen molar-refractivity contribution < 1.29 is 9.90 Å². The van der Waals surface area contributed by atoms with Gasteiger partial charge in [-0.25, -0.2) is 0 Å². The Morgan fingerprint density at radius 1 is 1.57 bits per heavy atom. The lowest BCUT2D eigenvalue weighted by Gasteiger charge is -2.27. The van der Waals surface area contributed by atoms with E-state index in [1.54, 1.807) is 6.92 Å². The Labute approximate surface area is 86.1 Å². The fourth-order valence-electron chi connectivity index (χ4n) is 2.28. The molecule has 0 heterocycles. The normalized spacial score (nSPS) is 29.4. The van der Waals surface area contributed by atoms with Crippen molar-refractivity contribution >= 4 is 5.97 Å². The maximum absolute atomic E-state index is 10.8. The molecule has 0 radical (unpaired) electrons. The van der Waals surface area contributed by atoms with Crippen LogP contribution in [0.4, 0.5) is 0 Å². The zero-order valence-corrected chi connectivity index (χ0v) is 9.36. The van der Waals surface area contributed by atoms with Crippen molar-refractivity contribution in [2.75, 3.05) is 7.05 Å². The molecule has 3 nitrogen and oxygen atoms in total. The summed E-state index contributed by atoms with van der Waals surface area (Å²) in [5.74, 6) is 0.0934. The molecule has 1 fully saturated rings. The standard InChI is InChI=1S/C11H21NO2/c1-4-9-5-6-10(7-9)12(3)8(2)11(13)14/h8-10H,4-7H2,1-3H3,(H,13,14). The highest BCUT2D eigenvalue weighted by atomic mass is 16.4. The summed E-state index contributed by atoms with van der Waals surface area (Å²) >= 11 is 0. The van der Waals surface area contributed by atoms with Crippen LogP contribution in [0.2, 0.25) is 0 Å². The van der Waals surface area contributed by atoms with Crippen LogP contribution in [0.25, 0.3) is 0 Å². The minimum atomic E-state index is -0.715. The van der Waals surface area contributed by atoms with E-state index in [1.165, 1.54) is 19.3 Å². The summed E-state index contributed by atoms with van der Waals surface area (Å²) < 4.78 is 0. The molecule has 0 aromatic rings. The number of carboxylic acid groups (broad SMARTS) is 1. The molecule has 0 saturated heterocycles. The Kier molecular flexibility index (Phi) is 3.93. The van der Waals surface area contributed by atoms with Crippen LogP contribution in [0.1, 0.15) is 39.5 Å². The van der Waals surface area contributed by atoms with Gasteiger partial charge in [0.2, 0.25) is 0 Å². The van der Waals surface area contributed by atoms with E-state index in [0.717, 1.165) is 12.3 Å². The molecule has 0 aromatic heterocycles. The van der Waals surface area contributed by atoms with Crippen molar-refractivity contribution in [3.05, 3.63) is 0 Å². The van der Waals surface area contributed by atoms with E-state index in [0.29, 0.717) is 6.04 Å². The molecule has 1 aliphatic carbocycles. The molecule has 82 valence electrons. The predicted molar refractivity (Wildman–Crippen MR) is 56.3 cm³/mol. The fraction of sp³-hybridized carbons (Fsp3) is 0.909. The Hall–Kier alpha value is -0.570. The van der Waals surface area contributed by atoms with Gasteiger partial charge in [0.05, 0.1) is 0 Å². The summed E-state index contributed by atoms with van der Waals surface area (Å²) in [5.41, 5.74) is 0. The quantitative estimate of drug-likeness (QED) is 0.752. The molecule has 0 amide bonds. The first-order valence-electron chi connectivity index (χ1n) is 5.51. The van der Waals surface area contributed by atoms with Crippen LogP contribution in [0.15, 0.2) is 0 Å². The average molecular weight is 199 g/mol. The first kappa shape index (κ1) is 11.5. The number of hydrogen-bond donors (Lipinski definition) is 1. The van der Waals surface area contributed by atoms with Gasteiger partial charge in [-0.05, 0) is 39.2 Å². The van der Waals surface area contributed by atoms with Gasteiger partial charge in [-0.2, -0.15) is 0 Å². The van der Waals surface area contributed by atoms with Crippen LogP contribution in [0.5, 0.6) is 0 Å². The Bertz CT molecular complexity index is 205. The first-order chi connectivity index (χ1) is 6.56. The van der Waals surface area contributed by atoms with Gasteiger partial charge in [0.25, 0.3) is 0 Å². The van der Waals surface area contributed by atoms with Gasteiger partial charge in [0.15, 0.2) is 0 Å². The molecule has 0 aromatic carbocycles. The van der Waals surface area contributed by atoms with Crippen molar-refractivity contribution in [1.82, 2.24) is 4.90 Å².